The number of phenols is 1. The van der Waals surface area contributed by atoms with Crippen molar-refractivity contribution in [1.82, 2.24) is 4.90 Å². The average Bonchev–Trinajstić information content (AvgIpc) is 3.13. The fourth-order valence-corrected chi connectivity index (χ4v) is 3.22. The van der Waals surface area contributed by atoms with Crippen LogP contribution in [0.2, 0.25) is 0 Å². The van der Waals surface area contributed by atoms with Crippen LogP contribution in [0.25, 0.3) is 0 Å². The second-order valence-corrected chi connectivity index (χ2v) is 7.62. The molecule has 0 saturated heterocycles. The number of carbonyl (C=O) groups is 1. The van der Waals surface area contributed by atoms with Crippen molar-refractivity contribution in [2.75, 3.05) is 24.7 Å². The molecule has 0 radical (unpaired) electrons. The number of halogens is 1. The molecule has 1 atom stereocenters. The van der Waals surface area contributed by atoms with Gasteiger partial charge in [0.05, 0.1) is 21.8 Å². The minimum atomic E-state index is -0.702. The average molecular weight is 462 g/mol. The maximum Gasteiger partial charge on any atom is 0.257 e. The van der Waals surface area contributed by atoms with Gasteiger partial charge in [-0.1, -0.05) is 13.0 Å². The molecule has 3 aromatic rings. The molecule has 9 heteroatoms. The molecule has 0 unspecified atom stereocenters. The van der Waals surface area contributed by atoms with E-state index in [0.717, 1.165) is 4.47 Å². The molecule has 8 nitrogen and oxygen atoms in total. The summed E-state index contributed by atoms with van der Waals surface area (Å²) in [6.07, 6.45) is 2.14. The van der Waals surface area contributed by atoms with Gasteiger partial charge >= 0.3 is 0 Å². The van der Waals surface area contributed by atoms with Gasteiger partial charge in [-0.25, -0.2) is 0 Å². The van der Waals surface area contributed by atoms with Crippen LogP contribution in [0.3, 0.4) is 0 Å². The third-order valence-electron chi connectivity index (χ3n) is 4.50. The second-order valence-electron chi connectivity index (χ2n) is 6.71. The van der Waals surface area contributed by atoms with Crippen LogP contribution in [0.1, 0.15) is 35.5 Å². The highest BCUT2D eigenvalue weighted by Gasteiger charge is 2.26. The topological polar surface area (TPSA) is 112 Å². The van der Waals surface area contributed by atoms with Crippen molar-refractivity contribution in [2.24, 2.45) is 0 Å². The van der Waals surface area contributed by atoms with Crippen LogP contribution in [0, 0.1) is 0 Å². The number of nitrogens with zero attached hydrogens (tertiary/aromatic N) is 1. The predicted molar refractivity (Wildman–Crippen MR) is 114 cm³/mol. The normalized spacial score (nSPS) is 12.0. The van der Waals surface area contributed by atoms with E-state index >= 15 is 0 Å². The molecule has 0 aliphatic carbocycles. The summed E-state index contributed by atoms with van der Waals surface area (Å²) in [5, 5.41) is 16.3. The molecule has 29 heavy (non-hydrogen) atoms. The first-order valence-electron chi connectivity index (χ1n) is 8.89. The number of para-hydroxylation sites is 1. The molecule has 152 valence electrons. The Balaban J connectivity index is 1.90. The van der Waals surface area contributed by atoms with Gasteiger partial charge in [-0.3, -0.25) is 14.4 Å². The first kappa shape index (κ1) is 20.7. The maximum atomic E-state index is 12.2. The minimum Gasteiger partial charge on any atom is -0.505 e. The quantitative estimate of drug-likeness (QED) is 0.365. The van der Waals surface area contributed by atoms with Crippen molar-refractivity contribution < 1.29 is 14.3 Å². The van der Waals surface area contributed by atoms with E-state index in [2.05, 4.69) is 26.6 Å². The Morgan fingerprint density at radius 1 is 1.24 bits per heavy atom. The standard InChI is InChI=1S/C20H20BrN3O5/c1-4-12(14-8-10(21)9-29-14)22-15-16(19(27)18(15)26)23-13-7-5-6-11(17(13)25)20(28)24(2)3/h5-9,12,22-23,25H,4H2,1-3H3/t12-/m0/s1. The lowest BCUT2D eigenvalue weighted by Gasteiger charge is -2.21. The van der Waals surface area contributed by atoms with Crippen LogP contribution >= 0.6 is 15.9 Å². The number of phenolic OH excluding ortho intramolecular Hbond substituents is 1. The molecule has 0 saturated carbocycles. The summed E-state index contributed by atoms with van der Waals surface area (Å²) >= 11 is 3.32. The molecule has 0 aliphatic heterocycles. The van der Waals surface area contributed by atoms with Crippen LogP contribution in [0.5, 0.6) is 5.75 Å². The van der Waals surface area contributed by atoms with Crippen molar-refractivity contribution in [2.45, 2.75) is 19.4 Å². The Morgan fingerprint density at radius 3 is 2.52 bits per heavy atom. The first-order valence-corrected chi connectivity index (χ1v) is 9.68. The monoisotopic (exact) mass is 461 g/mol. The summed E-state index contributed by atoms with van der Waals surface area (Å²) in [5.74, 6) is -0.0732. The number of aromatic hydroxyl groups is 1. The molecule has 3 rings (SSSR count). The van der Waals surface area contributed by atoms with Gasteiger partial charge in [-0.2, -0.15) is 0 Å². The van der Waals surface area contributed by atoms with Crippen LogP contribution in [0.15, 0.2) is 49.0 Å². The highest BCUT2D eigenvalue weighted by atomic mass is 79.9. The van der Waals surface area contributed by atoms with Gasteiger partial charge < -0.3 is 25.1 Å². The van der Waals surface area contributed by atoms with E-state index < -0.39 is 10.9 Å². The van der Waals surface area contributed by atoms with Crippen molar-refractivity contribution >= 4 is 38.9 Å². The SMILES string of the molecule is CC[C@H](Nc1c(Nc2cccc(C(=O)N(C)C)c2O)c(=O)c1=O)c1cc(Br)co1. The summed E-state index contributed by atoms with van der Waals surface area (Å²) < 4.78 is 6.22. The summed E-state index contributed by atoms with van der Waals surface area (Å²) in [6.45, 7) is 1.91. The number of carbonyl (C=O) groups excluding carboxylic acids is 1. The Labute approximate surface area is 175 Å². The van der Waals surface area contributed by atoms with Crippen molar-refractivity contribution in [3.63, 3.8) is 0 Å². The van der Waals surface area contributed by atoms with Crippen molar-refractivity contribution in [1.29, 1.82) is 0 Å². The first-order chi connectivity index (χ1) is 13.7. The molecule has 0 fully saturated rings. The van der Waals surface area contributed by atoms with E-state index in [1.54, 1.807) is 26.2 Å². The summed E-state index contributed by atoms with van der Waals surface area (Å²) in [5.41, 5.74) is -0.980. The Hall–Kier alpha value is -3.07. The number of benzene rings is 1. The Bertz CT molecular complexity index is 1130. The molecule has 3 N–H and O–H groups in total. The molecule has 1 heterocycles. The van der Waals surface area contributed by atoms with Crippen LogP contribution in [-0.2, 0) is 0 Å². The molecule has 0 bridgehead atoms. The smallest absolute Gasteiger partial charge is 0.257 e. The van der Waals surface area contributed by atoms with Gasteiger partial charge in [0.25, 0.3) is 16.8 Å². The molecular formula is C20H20BrN3O5. The summed E-state index contributed by atoms with van der Waals surface area (Å²) in [4.78, 5) is 37.8. The number of anilines is 3. The van der Waals surface area contributed by atoms with Gasteiger partial charge in [0.2, 0.25) is 0 Å². The lowest BCUT2D eigenvalue weighted by molar-refractivity contribution is 0.0824. The maximum absolute atomic E-state index is 12.2. The number of hydrogen-bond acceptors (Lipinski definition) is 7. The van der Waals surface area contributed by atoms with Gasteiger partial charge in [-0.15, -0.1) is 0 Å². The zero-order valence-electron chi connectivity index (χ0n) is 16.1. The van der Waals surface area contributed by atoms with Gasteiger partial charge in [0.15, 0.2) is 5.75 Å². The van der Waals surface area contributed by atoms with E-state index in [4.69, 9.17) is 4.42 Å². The van der Waals surface area contributed by atoms with Gasteiger partial charge in [-0.05, 0) is 40.5 Å². The largest absolute Gasteiger partial charge is 0.505 e. The third-order valence-corrected chi connectivity index (χ3v) is 4.92. The van der Waals surface area contributed by atoms with Crippen LogP contribution in [-0.4, -0.2) is 30.0 Å². The predicted octanol–water partition coefficient (Wildman–Crippen LogP) is 3.35. The summed E-state index contributed by atoms with van der Waals surface area (Å²) in [6, 6.07) is 6.03. The van der Waals surface area contributed by atoms with Crippen LogP contribution < -0.4 is 21.5 Å². The van der Waals surface area contributed by atoms with Crippen LogP contribution in [0.4, 0.5) is 17.1 Å². The van der Waals surface area contributed by atoms with Crippen molar-refractivity contribution in [3.8, 4) is 5.75 Å². The summed E-state index contributed by atoms with van der Waals surface area (Å²) in [7, 11) is 3.14. The highest BCUT2D eigenvalue weighted by molar-refractivity contribution is 9.10. The lowest BCUT2D eigenvalue weighted by atomic mass is 10.1. The molecule has 1 amide bonds. The fraction of sp³-hybridized carbons (Fsp3) is 0.250. The number of furan rings is 1. The second kappa shape index (κ2) is 8.12. The van der Waals surface area contributed by atoms with Crippen molar-refractivity contribution in [3.05, 3.63) is 66.8 Å². The van der Waals surface area contributed by atoms with Gasteiger partial charge in [0.1, 0.15) is 23.4 Å². The number of nitrogens with one attached hydrogen (secondary N) is 2. The zero-order valence-corrected chi connectivity index (χ0v) is 17.7. The lowest BCUT2D eigenvalue weighted by Crippen LogP contribution is -2.37. The fourth-order valence-electron chi connectivity index (χ4n) is 2.90. The number of amides is 1. The molecule has 1 aromatic heterocycles. The third kappa shape index (κ3) is 3.91. The Morgan fingerprint density at radius 2 is 1.93 bits per heavy atom. The number of rotatable bonds is 7. The zero-order chi connectivity index (χ0) is 21.3. The van der Waals surface area contributed by atoms with Gasteiger partial charge in [0, 0.05) is 14.1 Å². The molecule has 2 aromatic carbocycles. The van der Waals surface area contributed by atoms with E-state index in [1.807, 2.05) is 6.92 Å². The molecular weight excluding hydrogens is 442 g/mol. The minimum absolute atomic E-state index is 0.0313. The number of hydrogen-bond donors (Lipinski definition) is 3. The molecule has 0 aliphatic rings. The van der Waals surface area contributed by atoms with E-state index in [-0.39, 0.29) is 40.3 Å². The van der Waals surface area contributed by atoms with E-state index in [9.17, 15) is 19.5 Å². The van der Waals surface area contributed by atoms with E-state index in [0.29, 0.717) is 12.2 Å². The van der Waals surface area contributed by atoms with E-state index in [1.165, 1.54) is 23.3 Å². The highest BCUT2D eigenvalue weighted by Crippen LogP contribution is 2.33. The molecule has 0 spiro atoms. The Kier molecular flexibility index (Phi) is 5.78.